The Labute approximate surface area is 139 Å². The minimum Gasteiger partial charge on any atom is -0.253 e. The van der Waals surface area contributed by atoms with Crippen molar-refractivity contribution in [3.63, 3.8) is 0 Å². The maximum absolute atomic E-state index is 14.3. The van der Waals surface area contributed by atoms with Crippen molar-refractivity contribution in [2.75, 3.05) is 0 Å². The molecule has 1 fully saturated rings. The lowest BCUT2D eigenvalue weighted by molar-refractivity contribution is 0.539. The highest BCUT2D eigenvalue weighted by molar-refractivity contribution is 5.94. The third kappa shape index (κ3) is 1.66. The monoisotopic (exact) mass is 334 g/mol. The minimum absolute atomic E-state index is 0.463. The molecule has 8 nitrogen and oxygen atoms in total. The van der Waals surface area contributed by atoms with Crippen LogP contribution in [0.1, 0.15) is 24.5 Å². The van der Waals surface area contributed by atoms with Crippen LogP contribution in [0.4, 0.5) is 4.39 Å². The van der Waals surface area contributed by atoms with Gasteiger partial charge >= 0.3 is 0 Å². The number of para-hydroxylation sites is 1. The van der Waals surface area contributed by atoms with E-state index in [2.05, 4.69) is 25.5 Å². The summed E-state index contributed by atoms with van der Waals surface area (Å²) in [5.41, 5.74) is 2.81. The van der Waals surface area contributed by atoms with Crippen LogP contribution in [-0.4, -0.2) is 39.0 Å². The van der Waals surface area contributed by atoms with Gasteiger partial charge in [-0.25, -0.2) is 9.38 Å². The van der Waals surface area contributed by atoms with Crippen molar-refractivity contribution in [3.8, 4) is 5.95 Å². The van der Waals surface area contributed by atoms with Crippen molar-refractivity contribution in [2.45, 2.75) is 18.8 Å². The van der Waals surface area contributed by atoms with E-state index in [1.165, 1.54) is 10.6 Å². The van der Waals surface area contributed by atoms with Gasteiger partial charge in [0, 0.05) is 11.3 Å². The Morgan fingerprint density at radius 3 is 2.80 bits per heavy atom. The first-order chi connectivity index (χ1) is 12.3. The zero-order valence-electron chi connectivity index (χ0n) is 12.9. The summed E-state index contributed by atoms with van der Waals surface area (Å²) in [5.74, 6) is 0.950. The Morgan fingerprint density at radius 2 is 1.92 bits per heavy atom. The van der Waals surface area contributed by atoms with Gasteiger partial charge in [0.05, 0.1) is 23.6 Å². The number of benzene rings is 1. The Hall–Kier alpha value is -3.36. The van der Waals surface area contributed by atoms with E-state index in [-0.39, 0.29) is 0 Å². The fraction of sp³-hybridized carbons (Fsp3) is 0.188. The topological polar surface area (TPSA) is 78.2 Å². The van der Waals surface area contributed by atoms with E-state index in [0.717, 1.165) is 23.9 Å². The smallest absolute Gasteiger partial charge is 0.253 e. The summed E-state index contributed by atoms with van der Waals surface area (Å²) in [6.45, 7) is 0. The lowest BCUT2D eigenvalue weighted by Crippen LogP contribution is -2.05. The molecular formula is C16H11FN8. The van der Waals surface area contributed by atoms with Crippen LogP contribution in [0, 0.1) is 6.08 Å². The molecule has 0 radical (unpaired) electrons. The van der Waals surface area contributed by atoms with Gasteiger partial charge in [0.15, 0.2) is 5.65 Å². The molecule has 1 aromatic carbocycles. The first kappa shape index (κ1) is 13.0. The van der Waals surface area contributed by atoms with Crippen molar-refractivity contribution in [3.05, 3.63) is 48.4 Å². The molecule has 6 rings (SSSR count). The predicted octanol–water partition coefficient (Wildman–Crippen LogP) is 2.13. The number of aromatic nitrogens is 8. The van der Waals surface area contributed by atoms with Crippen molar-refractivity contribution in [1.29, 1.82) is 0 Å². The Morgan fingerprint density at radius 1 is 1.04 bits per heavy atom. The van der Waals surface area contributed by atoms with Crippen LogP contribution in [-0.2, 0) is 0 Å². The number of rotatable bonds is 2. The average Bonchev–Trinajstić information content (AvgIpc) is 3.06. The molecule has 0 atom stereocenters. The second kappa shape index (κ2) is 4.38. The Kier molecular flexibility index (Phi) is 2.28. The molecule has 0 bridgehead atoms. The van der Waals surface area contributed by atoms with Crippen LogP contribution in [0.15, 0.2) is 36.7 Å². The van der Waals surface area contributed by atoms with E-state index in [1.807, 2.05) is 30.5 Å². The molecule has 4 heterocycles. The van der Waals surface area contributed by atoms with E-state index in [1.54, 1.807) is 9.08 Å². The maximum Gasteiger partial charge on any atom is 0.295 e. The van der Waals surface area contributed by atoms with Crippen LogP contribution < -0.4 is 0 Å². The summed E-state index contributed by atoms with van der Waals surface area (Å²) in [4.78, 5) is 3.83. The summed E-state index contributed by atoms with van der Waals surface area (Å²) < 4.78 is 19.1. The lowest BCUT2D eigenvalue weighted by Gasteiger charge is -2.07. The number of halogens is 1. The highest BCUT2D eigenvalue weighted by atomic mass is 19.1. The van der Waals surface area contributed by atoms with Crippen LogP contribution in [0.5, 0.6) is 0 Å². The first-order valence-corrected chi connectivity index (χ1v) is 8.02. The second-order valence-corrected chi connectivity index (χ2v) is 6.26. The molecule has 0 amide bonds. The third-order valence-corrected chi connectivity index (χ3v) is 4.67. The van der Waals surface area contributed by atoms with Crippen molar-refractivity contribution in [2.24, 2.45) is 0 Å². The van der Waals surface area contributed by atoms with E-state index in [4.69, 9.17) is 0 Å². The second-order valence-electron chi connectivity index (χ2n) is 6.26. The fourth-order valence-electron chi connectivity index (χ4n) is 3.31. The van der Waals surface area contributed by atoms with Gasteiger partial charge in [-0.1, -0.05) is 17.3 Å². The summed E-state index contributed by atoms with van der Waals surface area (Å²) in [6.07, 6.45) is 5.04. The number of imidazole rings is 1. The minimum atomic E-state index is -0.579. The standard InChI is InChI=1S/C16H11FN8/c17-15-18-7-13-24(15)12-4-2-1-3-10(12)14-20-21-16(25(13)14)23-8-11(19-22-23)9-5-6-9/h1-4,7-9H,5-6H2. The van der Waals surface area contributed by atoms with Gasteiger partial charge in [-0.05, 0) is 25.0 Å². The van der Waals surface area contributed by atoms with Crippen molar-refractivity contribution >= 4 is 22.2 Å². The molecule has 1 aliphatic carbocycles. The molecule has 0 unspecified atom stereocenters. The highest BCUT2D eigenvalue weighted by Crippen LogP contribution is 2.38. The van der Waals surface area contributed by atoms with Gasteiger partial charge < -0.3 is 0 Å². The quantitative estimate of drug-likeness (QED) is 0.494. The van der Waals surface area contributed by atoms with Crippen LogP contribution >= 0.6 is 0 Å². The van der Waals surface area contributed by atoms with Gasteiger partial charge in [0.25, 0.3) is 12.0 Å². The summed E-state index contributed by atoms with van der Waals surface area (Å²) in [7, 11) is 0. The Balaban J connectivity index is 1.75. The maximum atomic E-state index is 14.3. The summed E-state index contributed by atoms with van der Waals surface area (Å²) >= 11 is 0. The van der Waals surface area contributed by atoms with Crippen molar-refractivity contribution < 1.29 is 4.39 Å². The number of nitrogens with zero attached hydrogens (tertiary/aromatic N) is 8. The molecule has 1 aliphatic rings. The first-order valence-electron chi connectivity index (χ1n) is 8.02. The highest BCUT2D eigenvalue weighted by Gasteiger charge is 2.27. The molecule has 0 saturated heterocycles. The lowest BCUT2D eigenvalue weighted by atomic mass is 10.2. The molecule has 5 aromatic rings. The van der Waals surface area contributed by atoms with Gasteiger partial charge in [-0.3, -0.25) is 4.40 Å². The van der Waals surface area contributed by atoms with Crippen LogP contribution in [0.3, 0.4) is 0 Å². The molecule has 0 N–H and O–H groups in total. The molecular weight excluding hydrogens is 323 g/mol. The van der Waals surface area contributed by atoms with Gasteiger partial charge in [-0.15, -0.1) is 15.3 Å². The Bertz CT molecular complexity index is 1280. The van der Waals surface area contributed by atoms with E-state index in [9.17, 15) is 4.39 Å². The zero-order valence-corrected chi connectivity index (χ0v) is 12.9. The SMILES string of the molecule is Fc1ncc2n1c1ccccc1c1nnc(-n3cc(C4CC4)nn3)n12. The molecule has 0 aliphatic heterocycles. The van der Waals surface area contributed by atoms with Crippen LogP contribution in [0.2, 0.25) is 0 Å². The molecule has 25 heavy (non-hydrogen) atoms. The van der Waals surface area contributed by atoms with Crippen molar-refractivity contribution in [1.82, 2.24) is 39.0 Å². The summed E-state index contributed by atoms with van der Waals surface area (Å²) in [6, 6.07) is 7.47. The molecule has 0 spiro atoms. The zero-order chi connectivity index (χ0) is 16.5. The number of hydrogen-bond donors (Lipinski definition) is 0. The average molecular weight is 334 g/mol. The molecule has 9 heteroatoms. The van der Waals surface area contributed by atoms with E-state index >= 15 is 0 Å². The largest absolute Gasteiger partial charge is 0.295 e. The summed E-state index contributed by atoms with van der Waals surface area (Å²) in [5, 5.41) is 17.8. The normalized spacial score (nSPS) is 14.9. The molecule has 122 valence electrons. The molecule has 1 saturated carbocycles. The van der Waals surface area contributed by atoms with Crippen LogP contribution in [0.25, 0.3) is 28.1 Å². The van der Waals surface area contributed by atoms with Gasteiger partial charge in [0.2, 0.25) is 0 Å². The third-order valence-electron chi connectivity index (χ3n) is 4.67. The predicted molar refractivity (Wildman–Crippen MR) is 86.1 cm³/mol. The van der Waals surface area contributed by atoms with Gasteiger partial charge in [-0.2, -0.15) is 9.07 Å². The number of fused-ring (bicyclic) bond motifs is 6. The number of hydrogen-bond acceptors (Lipinski definition) is 5. The molecule has 4 aromatic heterocycles. The van der Waals surface area contributed by atoms with Gasteiger partial charge in [0.1, 0.15) is 5.65 Å². The van der Waals surface area contributed by atoms with E-state index in [0.29, 0.717) is 28.7 Å². The van der Waals surface area contributed by atoms with E-state index < -0.39 is 6.08 Å². The fourth-order valence-corrected chi connectivity index (χ4v) is 3.31.